The van der Waals surface area contributed by atoms with Gasteiger partial charge in [0.2, 0.25) is 0 Å². The van der Waals surface area contributed by atoms with Crippen LogP contribution in [0.25, 0.3) is 0 Å². The summed E-state index contributed by atoms with van der Waals surface area (Å²) >= 11 is 6.00. The van der Waals surface area contributed by atoms with Crippen LogP contribution in [0, 0.1) is 5.82 Å². The summed E-state index contributed by atoms with van der Waals surface area (Å²) in [5, 5.41) is 12.7. The summed E-state index contributed by atoms with van der Waals surface area (Å²) in [6.07, 6.45) is -0.403. The van der Waals surface area contributed by atoms with Crippen LogP contribution >= 0.6 is 11.6 Å². The molecule has 0 unspecified atom stereocenters. The van der Waals surface area contributed by atoms with Crippen molar-refractivity contribution in [3.63, 3.8) is 0 Å². The highest BCUT2D eigenvalue weighted by Gasteiger charge is 2.11. The van der Waals surface area contributed by atoms with Gasteiger partial charge in [-0.05, 0) is 36.8 Å². The average Bonchev–Trinajstić information content (AvgIpc) is 2.54. The van der Waals surface area contributed by atoms with Crippen LogP contribution in [0.2, 0.25) is 5.02 Å². The summed E-state index contributed by atoms with van der Waals surface area (Å²) < 4.78 is 24.8. The molecule has 0 radical (unpaired) electrons. The average molecular weight is 354 g/mol. The van der Waals surface area contributed by atoms with Crippen LogP contribution in [0.4, 0.5) is 4.39 Å². The number of benzene rings is 2. The Morgan fingerprint density at radius 1 is 1.25 bits per heavy atom. The molecule has 130 valence electrons. The minimum absolute atomic E-state index is 0.0154. The third-order valence-corrected chi connectivity index (χ3v) is 3.78. The number of methoxy groups -OCH3 is 1. The summed E-state index contributed by atoms with van der Waals surface area (Å²) in [7, 11) is 1.55. The maximum absolute atomic E-state index is 13.8. The van der Waals surface area contributed by atoms with Crippen LogP contribution in [-0.4, -0.2) is 24.9 Å². The van der Waals surface area contributed by atoms with Gasteiger partial charge in [0.25, 0.3) is 0 Å². The van der Waals surface area contributed by atoms with Gasteiger partial charge in [0.1, 0.15) is 12.4 Å². The lowest BCUT2D eigenvalue weighted by Crippen LogP contribution is -2.23. The van der Waals surface area contributed by atoms with E-state index in [4.69, 9.17) is 21.1 Å². The van der Waals surface area contributed by atoms with E-state index in [1.807, 2.05) is 12.1 Å². The van der Waals surface area contributed by atoms with Crippen molar-refractivity contribution in [1.29, 1.82) is 0 Å². The van der Waals surface area contributed by atoms with Gasteiger partial charge >= 0.3 is 0 Å². The van der Waals surface area contributed by atoms with Crippen molar-refractivity contribution < 1.29 is 19.0 Å². The zero-order valence-electron chi connectivity index (χ0n) is 13.7. The molecule has 2 aromatic rings. The Balaban J connectivity index is 2.05. The Bertz CT molecular complexity index is 659. The molecule has 24 heavy (non-hydrogen) atoms. The maximum atomic E-state index is 13.8. The number of nitrogens with one attached hydrogen (secondary N) is 1. The van der Waals surface area contributed by atoms with Crippen molar-refractivity contribution in [2.75, 3.05) is 13.7 Å². The molecule has 0 aliphatic rings. The quantitative estimate of drug-likeness (QED) is 0.762. The first-order chi connectivity index (χ1) is 11.5. The smallest absolute Gasteiger partial charge is 0.161 e. The predicted molar refractivity (Wildman–Crippen MR) is 92.1 cm³/mol. The van der Waals surface area contributed by atoms with E-state index in [1.165, 1.54) is 6.07 Å². The molecule has 0 aromatic heterocycles. The van der Waals surface area contributed by atoms with Crippen LogP contribution in [-0.2, 0) is 13.2 Å². The summed E-state index contributed by atoms with van der Waals surface area (Å²) in [6, 6.07) is 10.0. The maximum Gasteiger partial charge on any atom is 0.161 e. The standard InChI is InChI=1S/C18H21ClFNO3/c1-12(22)9-21-10-13-6-7-17(18(8-13)23-2)24-11-14-15(19)4-3-5-16(14)20/h3-8,12,21-22H,9-11H2,1-2H3/t12-/m0/s1. The van der Waals surface area contributed by atoms with Gasteiger partial charge in [0, 0.05) is 18.7 Å². The molecule has 4 nitrogen and oxygen atoms in total. The summed E-state index contributed by atoms with van der Waals surface area (Å²) in [4.78, 5) is 0. The van der Waals surface area contributed by atoms with E-state index in [0.29, 0.717) is 35.2 Å². The highest BCUT2D eigenvalue weighted by Crippen LogP contribution is 2.30. The third kappa shape index (κ3) is 5.09. The highest BCUT2D eigenvalue weighted by molar-refractivity contribution is 6.31. The molecule has 2 N–H and O–H groups in total. The molecule has 0 saturated carbocycles. The molecule has 1 atom stereocenters. The van der Waals surface area contributed by atoms with Crippen LogP contribution < -0.4 is 14.8 Å². The molecule has 2 aromatic carbocycles. The zero-order chi connectivity index (χ0) is 17.5. The fourth-order valence-electron chi connectivity index (χ4n) is 2.19. The van der Waals surface area contributed by atoms with Gasteiger partial charge < -0.3 is 19.9 Å². The minimum atomic E-state index is -0.403. The largest absolute Gasteiger partial charge is 0.493 e. The number of aliphatic hydroxyl groups excluding tert-OH is 1. The van der Waals surface area contributed by atoms with Gasteiger partial charge in [-0.25, -0.2) is 4.39 Å². The van der Waals surface area contributed by atoms with Crippen LogP contribution in [0.1, 0.15) is 18.1 Å². The van der Waals surface area contributed by atoms with E-state index >= 15 is 0 Å². The number of hydrogen-bond acceptors (Lipinski definition) is 4. The van der Waals surface area contributed by atoms with E-state index in [1.54, 1.807) is 32.2 Å². The van der Waals surface area contributed by atoms with Gasteiger partial charge in [-0.15, -0.1) is 0 Å². The second kappa shape index (κ2) is 8.87. The molecule has 0 spiro atoms. The van der Waals surface area contributed by atoms with Gasteiger partial charge in [0.05, 0.1) is 18.2 Å². The number of hydrogen-bond donors (Lipinski definition) is 2. The molecule has 2 rings (SSSR count). The molecular weight excluding hydrogens is 333 g/mol. The Morgan fingerprint density at radius 3 is 2.71 bits per heavy atom. The van der Waals surface area contributed by atoms with Gasteiger partial charge in [0.15, 0.2) is 11.5 Å². The number of aliphatic hydroxyl groups is 1. The van der Waals surface area contributed by atoms with Crippen molar-refractivity contribution in [1.82, 2.24) is 5.32 Å². The van der Waals surface area contributed by atoms with Crippen LogP contribution in [0.5, 0.6) is 11.5 Å². The summed E-state index contributed by atoms with van der Waals surface area (Å²) in [5.41, 5.74) is 1.30. The van der Waals surface area contributed by atoms with Crippen molar-refractivity contribution in [3.05, 3.63) is 58.4 Å². The normalized spacial score (nSPS) is 12.0. The molecule has 0 saturated heterocycles. The Labute approximate surface area is 146 Å². The lowest BCUT2D eigenvalue weighted by Gasteiger charge is -2.14. The van der Waals surface area contributed by atoms with E-state index in [9.17, 15) is 9.50 Å². The molecule has 0 fully saturated rings. The number of rotatable bonds is 8. The first-order valence-electron chi connectivity index (χ1n) is 7.62. The molecular formula is C18H21ClFNO3. The van der Waals surface area contributed by atoms with Crippen molar-refractivity contribution in [2.24, 2.45) is 0 Å². The first-order valence-corrected chi connectivity index (χ1v) is 8.00. The predicted octanol–water partition coefficient (Wildman–Crippen LogP) is 3.54. The Morgan fingerprint density at radius 2 is 2.04 bits per heavy atom. The second-order valence-electron chi connectivity index (χ2n) is 5.45. The number of halogens is 2. The van der Waals surface area contributed by atoms with Crippen molar-refractivity contribution >= 4 is 11.6 Å². The molecule has 0 heterocycles. The third-order valence-electron chi connectivity index (χ3n) is 3.43. The minimum Gasteiger partial charge on any atom is -0.493 e. The molecule has 0 amide bonds. The zero-order valence-corrected chi connectivity index (χ0v) is 14.4. The fraction of sp³-hybridized carbons (Fsp3) is 0.333. The van der Waals surface area contributed by atoms with E-state index in [-0.39, 0.29) is 6.61 Å². The van der Waals surface area contributed by atoms with Gasteiger partial charge in [-0.2, -0.15) is 0 Å². The Hall–Kier alpha value is -1.82. The molecule has 0 bridgehead atoms. The highest BCUT2D eigenvalue weighted by atomic mass is 35.5. The molecule has 0 aliphatic carbocycles. The fourth-order valence-corrected chi connectivity index (χ4v) is 2.40. The van der Waals surface area contributed by atoms with Gasteiger partial charge in [-0.1, -0.05) is 23.7 Å². The molecule has 0 aliphatic heterocycles. The molecule has 6 heteroatoms. The lowest BCUT2D eigenvalue weighted by atomic mass is 10.2. The second-order valence-corrected chi connectivity index (χ2v) is 5.86. The number of ether oxygens (including phenoxy) is 2. The van der Waals surface area contributed by atoms with Crippen molar-refractivity contribution in [3.8, 4) is 11.5 Å². The van der Waals surface area contributed by atoms with E-state index in [2.05, 4.69) is 5.32 Å². The van der Waals surface area contributed by atoms with E-state index in [0.717, 1.165) is 5.56 Å². The monoisotopic (exact) mass is 353 g/mol. The van der Waals surface area contributed by atoms with Crippen LogP contribution in [0.3, 0.4) is 0 Å². The SMILES string of the molecule is COc1cc(CNC[C@H](C)O)ccc1OCc1c(F)cccc1Cl. The summed E-state index contributed by atoms with van der Waals surface area (Å²) in [5.74, 6) is 0.662. The Kier molecular flexibility index (Phi) is 6.85. The topological polar surface area (TPSA) is 50.7 Å². The van der Waals surface area contributed by atoms with Gasteiger partial charge in [-0.3, -0.25) is 0 Å². The van der Waals surface area contributed by atoms with Crippen molar-refractivity contribution in [2.45, 2.75) is 26.2 Å². The first kappa shape index (κ1) is 18.5. The van der Waals surface area contributed by atoms with E-state index < -0.39 is 11.9 Å². The summed E-state index contributed by atoms with van der Waals surface area (Å²) in [6.45, 7) is 2.84. The lowest BCUT2D eigenvalue weighted by molar-refractivity contribution is 0.191. The van der Waals surface area contributed by atoms with Crippen LogP contribution in [0.15, 0.2) is 36.4 Å².